The highest BCUT2D eigenvalue weighted by atomic mass is 32.2. The predicted octanol–water partition coefficient (Wildman–Crippen LogP) is 13.2. The van der Waals surface area contributed by atoms with Crippen LogP contribution in [0.2, 0.25) is 0 Å². The minimum absolute atomic E-state index is 0.0252. The van der Waals surface area contributed by atoms with E-state index in [4.69, 9.17) is 16.0 Å². The van der Waals surface area contributed by atoms with E-state index in [1.54, 1.807) is 137 Å². The van der Waals surface area contributed by atoms with Crippen LogP contribution in [0.25, 0.3) is 49.4 Å². The summed E-state index contributed by atoms with van der Waals surface area (Å²) in [5, 5.41) is 9.56. The van der Waals surface area contributed by atoms with Crippen LogP contribution in [0.3, 0.4) is 0 Å². The largest absolute Gasteiger partial charge is 0.481 e. The lowest BCUT2D eigenvalue weighted by Crippen LogP contribution is -2.35. The molecule has 8 heterocycles. The first-order chi connectivity index (χ1) is 63.1. The number of carbonyl (C=O) groups excluding carboxylic acids is 4. The van der Waals surface area contributed by atoms with E-state index in [1.165, 1.54) is 50.8 Å². The van der Waals surface area contributed by atoms with E-state index >= 15 is 0 Å². The van der Waals surface area contributed by atoms with Crippen LogP contribution in [0.4, 0.5) is 71.0 Å². The summed E-state index contributed by atoms with van der Waals surface area (Å²) in [7, 11) is 0.123. The molecule has 0 saturated carbocycles. The van der Waals surface area contributed by atoms with Gasteiger partial charge in [-0.1, -0.05) is 69.7 Å². The summed E-state index contributed by atoms with van der Waals surface area (Å²) in [5.41, 5.74) is 17.3. The molecule has 0 spiro atoms. The Balaban J connectivity index is 0.000000171. The number of nitrogens with one attached hydrogen (secondary N) is 8. The van der Waals surface area contributed by atoms with E-state index in [0.717, 1.165) is 136 Å². The van der Waals surface area contributed by atoms with Crippen molar-refractivity contribution in [3.05, 3.63) is 233 Å². The Kier molecular flexibility index (Phi) is 31.6. The number of benzene rings is 4. The number of nitrogens with zero attached hydrogens (tertiary/aromatic N) is 17. The smallest absolute Gasteiger partial charge is 0.333 e. The molecule has 0 bridgehead atoms. The molecule has 0 radical (unpaired) electrons. The van der Waals surface area contributed by atoms with E-state index in [9.17, 15) is 52.8 Å². The Morgan fingerprint density at radius 1 is 0.376 bits per heavy atom. The second-order valence-electron chi connectivity index (χ2n) is 31.9. The molecule has 43 heteroatoms. The summed E-state index contributed by atoms with van der Waals surface area (Å²) < 4.78 is 120. The third-order valence-electron chi connectivity index (χ3n) is 20.7. The van der Waals surface area contributed by atoms with E-state index in [2.05, 4.69) is 97.6 Å². The molecule has 2 aliphatic rings. The quantitative estimate of drug-likeness (QED) is 0.0260. The zero-order valence-corrected chi connectivity index (χ0v) is 79.3. The lowest BCUT2D eigenvalue weighted by Gasteiger charge is -2.20. The van der Waals surface area contributed by atoms with Gasteiger partial charge >= 0.3 is 24.1 Å². The van der Waals surface area contributed by atoms with Crippen LogP contribution >= 0.6 is 0 Å². The number of amides is 8. The Morgan fingerprint density at radius 2 is 0.759 bits per heavy atom. The van der Waals surface area contributed by atoms with Gasteiger partial charge < -0.3 is 55.2 Å². The van der Waals surface area contributed by atoms with Crippen molar-refractivity contribution in [1.29, 1.82) is 0 Å². The van der Waals surface area contributed by atoms with Crippen LogP contribution < -0.4 is 69.2 Å². The number of aromatic nitrogens is 12. The molecule has 0 atom stereocenters. The van der Waals surface area contributed by atoms with Crippen LogP contribution in [0, 0.1) is 27.3 Å². The molecule has 0 aliphatic heterocycles. The number of hydrogen-bond acceptors (Lipinski definition) is 30. The van der Waals surface area contributed by atoms with Crippen LogP contribution in [0.5, 0.6) is 11.8 Å². The first kappa shape index (κ1) is 98.6. The molecule has 8 N–H and O–H groups in total. The molecule has 8 amide bonds. The highest BCUT2D eigenvalue weighted by molar-refractivity contribution is 7.90. The number of ether oxygens (including phenoxy) is 2. The summed E-state index contributed by atoms with van der Waals surface area (Å²) in [4.78, 5) is 110. The number of rotatable bonds is 24. The molecule has 8 aromatic heterocycles. The van der Waals surface area contributed by atoms with Crippen molar-refractivity contribution in [3.63, 3.8) is 0 Å². The number of methoxy groups -OCH3 is 2. The fourth-order valence-corrected chi connectivity index (χ4v) is 17.4. The number of urea groups is 4. The minimum atomic E-state index is -4.26. The number of anilines is 8. The maximum atomic E-state index is 12.8. The SMILES string of the molecule is COc1cc(-c2cc(C)cc(C(C)C)c2NC(=O)NS(=O)(=O)c2cnc(N(C)C)cn2)ccn1.COc1cc(-c2ccc3c(c2NC(=O)NS(=O)(=O)c2cnc(N(C)C)cn2)CCC3)ccn1.Cc1cc(-c2ccncc2)c(NC(=O)NS(=O)(=O)c2cncc(N(C)C)n2)c2c1CCC2.[C-]#[N+]c1cc(-c2cc(C)cc(C(C)C)c2NC(=O)NS(=O)(=O)c2cnc(N(C)C)cn2)ccn1. The fraction of sp³-hybridized carbons (Fsp3) is 0.278. The van der Waals surface area contributed by atoms with Crippen LogP contribution in [0.15, 0.2) is 192 Å². The fourth-order valence-electron chi connectivity index (χ4n) is 14.2. The molecule has 2 aliphatic carbocycles. The zero-order chi connectivity index (χ0) is 96.6. The van der Waals surface area contributed by atoms with Gasteiger partial charge in [0.25, 0.3) is 45.9 Å². The third kappa shape index (κ3) is 24.7. The number of aryl methyl sites for hydroxylation is 4. The second-order valence-corrected chi connectivity index (χ2v) is 38.4. The molecule has 0 unspecified atom stereocenters. The highest BCUT2D eigenvalue weighted by Crippen LogP contribution is 2.43. The van der Waals surface area contributed by atoms with Crippen molar-refractivity contribution in [2.75, 3.05) is 111 Å². The molecule has 694 valence electrons. The average molecular weight is 1890 g/mol. The molecule has 12 aromatic rings. The first-order valence-corrected chi connectivity index (χ1v) is 47.2. The second kappa shape index (κ2) is 42.7. The number of fused-ring (bicyclic) bond motifs is 2. The molecule has 39 nitrogen and oxygen atoms in total. The average Bonchev–Trinajstić information content (AvgIpc) is 0.808. The van der Waals surface area contributed by atoms with Gasteiger partial charge in [0.1, 0.15) is 29.5 Å². The molecule has 0 fully saturated rings. The lowest BCUT2D eigenvalue weighted by molar-refractivity contribution is 0.255. The van der Waals surface area contributed by atoms with Crippen LogP contribution in [-0.2, 0) is 65.8 Å². The summed E-state index contributed by atoms with van der Waals surface area (Å²) in [5.74, 6) is 2.97. The van der Waals surface area contributed by atoms with Crippen molar-refractivity contribution in [2.45, 2.75) is 119 Å². The summed E-state index contributed by atoms with van der Waals surface area (Å²) in [6, 6.07) is 24.2. The van der Waals surface area contributed by atoms with Gasteiger partial charge in [0, 0.05) is 116 Å². The van der Waals surface area contributed by atoms with Crippen molar-refractivity contribution in [2.24, 2.45) is 0 Å². The third-order valence-corrected chi connectivity index (χ3v) is 25.5. The number of hydrogen-bond donors (Lipinski definition) is 8. The molecular formula is C90H101N25O14S4. The topological polar surface area (TPSA) is 492 Å². The standard InChI is InChI=1S/C23H25N7O3S.C23H28N6O4S.C22H24N6O4S.C22H24N6O3S/c1-14(2)17-9-15(3)10-18(16-7-8-25-19(11-16)24-4)22(17)28-23(31)29-34(32,33)21-13-26-20(12-27-21)30(5)6;1-14(2)17-9-15(3)10-18(16-7-8-24-20(11-16)33-6)22(17)27-23(30)28-34(31,32)21-13-25-19(12-26-21)29(4)5;1-28(2)18-12-25-20(13-24-18)33(30,31)27-22(29)26-21-16-6-4-5-14(16)7-8-17(21)15-9-10-23-19(11-15)32-3;1-14-11-18(15-7-9-23-10-8-15)21(17-6-4-5-16(14)17)26-22(29)27-32(30,31)20-13-24-12-19(25-20)28(2)3/h7-14H,1-3,5-6H3,(H2,28,29,31);7-14H,1-6H3,(H2,27,28,30);7-13H,4-6H2,1-3H3,(H2,26,27,29);7-13H,4-6H2,1-3H3,(H2,26,27,29). The van der Waals surface area contributed by atoms with Gasteiger partial charge in [-0.2, -0.15) is 33.7 Å². The number of pyridine rings is 4. The summed E-state index contributed by atoms with van der Waals surface area (Å²) in [6.07, 6.45) is 23.3. The van der Waals surface area contributed by atoms with Crippen molar-refractivity contribution in [3.8, 4) is 56.3 Å². The Bertz CT molecular complexity index is 6860. The predicted molar refractivity (Wildman–Crippen MR) is 507 cm³/mol. The molecule has 0 saturated heterocycles. The van der Waals surface area contributed by atoms with Gasteiger partial charge in [0.2, 0.25) is 11.8 Å². The monoisotopic (exact) mass is 1880 g/mol. The first-order valence-electron chi connectivity index (χ1n) is 41.2. The number of sulfonamides is 4. The van der Waals surface area contributed by atoms with E-state index in [0.29, 0.717) is 74.5 Å². The van der Waals surface area contributed by atoms with Gasteiger partial charge in [0.05, 0.1) is 86.5 Å². The van der Waals surface area contributed by atoms with Crippen LogP contribution in [0.1, 0.15) is 102 Å². The van der Waals surface area contributed by atoms with Crippen molar-refractivity contribution >= 4 is 116 Å². The van der Waals surface area contributed by atoms with Gasteiger partial charge in [-0.05, 0) is 187 Å². The maximum Gasteiger partial charge on any atom is 0.333 e. The molecule has 133 heavy (non-hydrogen) atoms. The highest BCUT2D eigenvalue weighted by Gasteiger charge is 2.31. The van der Waals surface area contributed by atoms with E-state index in [-0.39, 0.29) is 37.8 Å². The zero-order valence-electron chi connectivity index (χ0n) is 76.0. The van der Waals surface area contributed by atoms with Crippen molar-refractivity contribution in [1.82, 2.24) is 78.7 Å². The van der Waals surface area contributed by atoms with E-state index < -0.39 is 64.2 Å². The molecule has 14 rings (SSSR count). The van der Waals surface area contributed by atoms with Gasteiger partial charge in [-0.25, -0.2) is 82.9 Å². The Labute approximate surface area is 772 Å². The summed E-state index contributed by atoms with van der Waals surface area (Å²) in [6.45, 7) is 21.1. The van der Waals surface area contributed by atoms with Crippen molar-refractivity contribution < 1.29 is 62.3 Å². The number of carbonyl (C=O) groups is 4. The Hall–Kier alpha value is -15.0. The van der Waals surface area contributed by atoms with Gasteiger partial charge in [0.15, 0.2) is 20.1 Å². The lowest BCUT2D eigenvalue weighted by atomic mass is 9.92. The molecule has 4 aromatic carbocycles. The normalized spacial score (nSPS) is 12.0. The van der Waals surface area contributed by atoms with E-state index in [1.807, 2.05) is 110 Å². The van der Waals surface area contributed by atoms with Gasteiger partial charge in [-0.15, -0.1) is 4.98 Å². The molecular weight excluding hydrogens is 1780 g/mol. The minimum Gasteiger partial charge on any atom is -0.481 e. The van der Waals surface area contributed by atoms with Gasteiger partial charge in [-0.3, -0.25) is 9.97 Å². The summed E-state index contributed by atoms with van der Waals surface area (Å²) >= 11 is 0. The van der Waals surface area contributed by atoms with Crippen LogP contribution in [-0.4, -0.2) is 188 Å². The Morgan fingerprint density at radius 3 is 1.18 bits per heavy atom. The maximum absolute atomic E-state index is 12.8.